The van der Waals surface area contributed by atoms with Crippen molar-refractivity contribution < 1.29 is 9.53 Å². The van der Waals surface area contributed by atoms with Gasteiger partial charge in [-0.3, -0.25) is 9.69 Å². The number of rotatable bonds is 7. The molecule has 0 bridgehead atoms. The minimum absolute atomic E-state index is 0.0656. The van der Waals surface area contributed by atoms with Gasteiger partial charge in [-0.25, -0.2) is 0 Å². The van der Waals surface area contributed by atoms with Gasteiger partial charge in [0.1, 0.15) is 6.04 Å². The summed E-state index contributed by atoms with van der Waals surface area (Å²) in [5.41, 5.74) is 7.18. The molecule has 0 aliphatic carbocycles. The molecule has 0 radical (unpaired) electrons. The molecule has 0 aliphatic heterocycles. The monoisotopic (exact) mass is 264 g/mol. The summed E-state index contributed by atoms with van der Waals surface area (Å²) in [6.07, 6.45) is 0.888. The Kier molecular flexibility index (Phi) is 6.53. The minimum atomic E-state index is -0.289. The van der Waals surface area contributed by atoms with Gasteiger partial charge in [0, 0.05) is 19.1 Å². The van der Waals surface area contributed by atoms with Gasteiger partial charge in [0.25, 0.3) is 0 Å². The number of nitrogens with two attached hydrogens (primary N) is 1. The lowest BCUT2D eigenvalue weighted by atomic mass is 10.1. The molecule has 1 rings (SSSR count). The van der Waals surface area contributed by atoms with Crippen LogP contribution in [0.3, 0.4) is 0 Å². The number of esters is 1. The molecule has 4 nitrogen and oxygen atoms in total. The molecular formula is C15H24N2O2. The Hall–Kier alpha value is -1.39. The van der Waals surface area contributed by atoms with Gasteiger partial charge in [-0.2, -0.15) is 0 Å². The average Bonchev–Trinajstić information content (AvgIpc) is 2.45. The molecule has 0 amide bonds. The molecule has 0 saturated heterocycles. The molecule has 2 atom stereocenters. The minimum Gasteiger partial charge on any atom is -0.468 e. The number of nitrogens with zero attached hydrogens (tertiary/aromatic N) is 1. The van der Waals surface area contributed by atoms with Crippen LogP contribution in [0, 0.1) is 0 Å². The van der Waals surface area contributed by atoms with E-state index in [-0.39, 0.29) is 18.1 Å². The number of benzene rings is 1. The molecule has 0 aliphatic rings. The van der Waals surface area contributed by atoms with E-state index in [0.29, 0.717) is 13.1 Å². The van der Waals surface area contributed by atoms with Gasteiger partial charge in [-0.05, 0) is 18.9 Å². The van der Waals surface area contributed by atoms with Crippen molar-refractivity contribution >= 4 is 5.97 Å². The summed E-state index contributed by atoms with van der Waals surface area (Å²) in [6, 6.07) is 9.85. The van der Waals surface area contributed by atoms with E-state index in [1.165, 1.54) is 12.7 Å². The summed E-state index contributed by atoms with van der Waals surface area (Å²) in [5, 5.41) is 0. The quantitative estimate of drug-likeness (QED) is 0.763. The largest absolute Gasteiger partial charge is 0.468 e. The van der Waals surface area contributed by atoms with E-state index >= 15 is 0 Å². The van der Waals surface area contributed by atoms with Gasteiger partial charge >= 0.3 is 5.97 Å². The van der Waals surface area contributed by atoms with Gasteiger partial charge in [-0.1, -0.05) is 37.3 Å². The molecule has 2 unspecified atom stereocenters. The standard InChI is InChI=1S/C15H24N2O2/c1-4-14(16)11-17(12(2)15(18)19-3)10-13-8-6-5-7-9-13/h5-9,12,14H,4,10-11,16H2,1-3H3. The molecule has 1 aromatic carbocycles. The van der Waals surface area contributed by atoms with E-state index in [0.717, 1.165) is 6.42 Å². The van der Waals surface area contributed by atoms with Gasteiger partial charge in [0.2, 0.25) is 0 Å². The molecule has 0 aromatic heterocycles. The second kappa shape index (κ2) is 7.92. The zero-order chi connectivity index (χ0) is 14.3. The molecule has 0 spiro atoms. The summed E-state index contributed by atoms with van der Waals surface area (Å²) in [6.45, 7) is 5.29. The second-order valence-electron chi connectivity index (χ2n) is 4.78. The highest BCUT2D eigenvalue weighted by Crippen LogP contribution is 2.10. The highest BCUT2D eigenvalue weighted by molar-refractivity contribution is 5.75. The number of hydrogen-bond acceptors (Lipinski definition) is 4. The third kappa shape index (κ3) is 5.01. The van der Waals surface area contributed by atoms with E-state index < -0.39 is 0 Å². The third-order valence-electron chi connectivity index (χ3n) is 3.31. The zero-order valence-corrected chi connectivity index (χ0v) is 12.0. The van der Waals surface area contributed by atoms with Gasteiger partial charge in [0.05, 0.1) is 7.11 Å². The van der Waals surface area contributed by atoms with Crippen molar-refractivity contribution in [3.8, 4) is 0 Å². The van der Waals surface area contributed by atoms with Gasteiger partial charge in [0.15, 0.2) is 0 Å². The first-order valence-corrected chi connectivity index (χ1v) is 6.69. The summed E-state index contributed by atoms with van der Waals surface area (Å²) in [4.78, 5) is 13.8. The normalized spacial score (nSPS) is 14.2. The Morgan fingerprint density at radius 3 is 2.53 bits per heavy atom. The molecule has 2 N–H and O–H groups in total. The van der Waals surface area contributed by atoms with E-state index in [9.17, 15) is 4.79 Å². The predicted molar refractivity (Wildman–Crippen MR) is 76.6 cm³/mol. The van der Waals surface area contributed by atoms with Crippen LogP contribution < -0.4 is 5.73 Å². The molecule has 1 aromatic rings. The van der Waals surface area contributed by atoms with Gasteiger partial charge in [-0.15, -0.1) is 0 Å². The molecule has 19 heavy (non-hydrogen) atoms. The molecule has 0 saturated carbocycles. The zero-order valence-electron chi connectivity index (χ0n) is 12.0. The maximum atomic E-state index is 11.7. The fourth-order valence-electron chi connectivity index (χ4n) is 1.93. The predicted octanol–water partition coefficient (Wildman–Crippen LogP) is 1.79. The summed E-state index contributed by atoms with van der Waals surface area (Å²) in [5.74, 6) is -0.223. The van der Waals surface area contributed by atoms with Crippen LogP contribution in [-0.4, -0.2) is 36.6 Å². The first-order chi connectivity index (χ1) is 9.08. The first kappa shape index (κ1) is 15.7. The lowest BCUT2D eigenvalue weighted by molar-refractivity contribution is -0.146. The number of carbonyl (C=O) groups excluding carboxylic acids is 1. The van der Waals surface area contributed by atoms with Crippen LogP contribution in [0.15, 0.2) is 30.3 Å². The van der Waals surface area contributed by atoms with Crippen molar-refractivity contribution in [1.29, 1.82) is 0 Å². The van der Waals surface area contributed by atoms with Crippen LogP contribution in [0.5, 0.6) is 0 Å². The van der Waals surface area contributed by atoms with Crippen LogP contribution in [0.1, 0.15) is 25.8 Å². The Morgan fingerprint density at radius 2 is 2.00 bits per heavy atom. The molecule has 4 heteroatoms. The first-order valence-electron chi connectivity index (χ1n) is 6.69. The fourth-order valence-corrected chi connectivity index (χ4v) is 1.93. The Bertz CT molecular complexity index is 381. The number of carbonyl (C=O) groups is 1. The van der Waals surface area contributed by atoms with E-state index in [1.54, 1.807) is 0 Å². The fraction of sp³-hybridized carbons (Fsp3) is 0.533. The van der Waals surface area contributed by atoms with Crippen molar-refractivity contribution in [3.05, 3.63) is 35.9 Å². The molecular weight excluding hydrogens is 240 g/mol. The van der Waals surface area contributed by atoms with Gasteiger partial charge < -0.3 is 10.5 Å². The Labute approximate surface area is 115 Å². The highest BCUT2D eigenvalue weighted by Gasteiger charge is 2.23. The van der Waals surface area contributed by atoms with Crippen molar-refractivity contribution in [1.82, 2.24) is 4.90 Å². The van der Waals surface area contributed by atoms with Crippen molar-refractivity contribution in [2.24, 2.45) is 5.73 Å². The third-order valence-corrected chi connectivity index (χ3v) is 3.31. The SMILES string of the molecule is CCC(N)CN(Cc1ccccc1)C(C)C(=O)OC. The maximum Gasteiger partial charge on any atom is 0.322 e. The number of methoxy groups -OCH3 is 1. The smallest absolute Gasteiger partial charge is 0.322 e. The number of ether oxygens (including phenoxy) is 1. The lowest BCUT2D eigenvalue weighted by Crippen LogP contribution is -2.45. The summed E-state index contributed by atoms with van der Waals surface area (Å²) >= 11 is 0. The number of hydrogen-bond donors (Lipinski definition) is 1. The summed E-state index contributed by atoms with van der Waals surface area (Å²) < 4.78 is 4.82. The molecule has 0 fully saturated rings. The lowest BCUT2D eigenvalue weighted by Gasteiger charge is -2.29. The molecule has 106 valence electrons. The Morgan fingerprint density at radius 1 is 1.37 bits per heavy atom. The van der Waals surface area contributed by atoms with Crippen LogP contribution >= 0.6 is 0 Å². The van der Waals surface area contributed by atoms with Crippen molar-refractivity contribution in [3.63, 3.8) is 0 Å². The molecule has 0 heterocycles. The maximum absolute atomic E-state index is 11.7. The summed E-state index contributed by atoms with van der Waals surface area (Å²) in [7, 11) is 1.42. The Balaban J connectivity index is 2.77. The topological polar surface area (TPSA) is 55.6 Å². The van der Waals surface area contributed by atoms with Crippen LogP contribution in [0.4, 0.5) is 0 Å². The van der Waals surface area contributed by atoms with Crippen molar-refractivity contribution in [2.45, 2.75) is 38.9 Å². The van der Waals surface area contributed by atoms with E-state index in [2.05, 4.69) is 17.0 Å². The van der Waals surface area contributed by atoms with E-state index in [4.69, 9.17) is 10.5 Å². The second-order valence-corrected chi connectivity index (χ2v) is 4.78. The highest BCUT2D eigenvalue weighted by atomic mass is 16.5. The van der Waals surface area contributed by atoms with Crippen LogP contribution in [0.25, 0.3) is 0 Å². The van der Waals surface area contributed by atoms with Crippen molar-refractivity contribution in [2.75, 3.05) is 13.7 Å². The van der Waals surface area contributed by atoms with E-state index in [1.807, 2.05) is 32.0 Å². The van der Waals surface area contributed by atoms with Crippen LogP contribution in [-0.2, 0) is 16.1 Å². The average molecular weight is 264 g/mol. The van der Waals surface area contributed by atoms with Crippen LogP contribution in [0.2, 0.25) is 0 Å².